The van der Waals surface area contributed by atoms with Crippen LogP contribution in [0.2, 0.25) is 0 Å². The number of nitrogens with zero attached hydrogens (tertiary/aromatic N) is 1. The van der Waals surface area contributed by atoms with E-state index < -0.39 is 0 Å². The number of carbonyl (C=O) groups excluding carboxylic acids is 1. The van der Waals surface area contributed by atoms with Crippen molar-refractivity contribution in [1.29, 1.82) is 0 Å². The van der Waals surface area contributed by atoms with Gasteiger partial charge in [0.25, 0.3) is 5.91 Å². The number of aromatic nitrogens is 1. The molecule has 0 spiro atoms. The van der Waals surface area contributed by atoms with E-state index in [1.54, 1.807) is 32.5 Å². The van der Waals surface area contributed by atoms with E-state index in [9.17, 15) is 4.79 Å². The highest BCUT2D eigenvalue weighted by atomic mass is 16.5. The molecule has 0 radical (unpaired) electrons. The van der Waals surface area contributed by atoms with Gasteiger partial charge in [-0.05, 0) is 29.3 Å². The number of methoxy groups -OCH3 is 2. The summed E-state index contributed by atoms with van der Waals surface area (Å²) in [5.41, 5.74) is 2.24. The van der Waals surface area contributed by atoms with Gasteiger partial charge in [-0.2, -0.15) is 0 Å². The zero-order chi connectivity index (χ0) is 18.4. The number of amides is 1. The van der Waals surface area contributed by atoms with E-state index in [4.69, 9.17) is 9.47 Å². The van der Waals surface area contributed by atoms with E-state index in [-0.39, 0.29) is 11.9 Å². The number of carbonyl (C=O) groups is 1. The summed E-state index contributed by atoms with van der Waals surface area (Å²) < 4.78 is 10.4. The summed E-state index contributed by atoms with van der Waals surface area (Å²) in [7, 11) is 3.18. The Morgan fingerprint density at radius 1 is 0.885 bits per heavy atom. The number of pyridine rings is 1. The largest absolute Gasteiger partial charge is 0.497 e. The lowest BCUT2D eigenvalue weighted by molar-refractivity contribution is 0.0937. The molecule has 5 heteroatoms. The second-order valence-electron chi connectivity index (χ2n) is 5.67. The first kappa shape index (κ1) is 17.5. The third-order valence-corrected chi connectivity index (χ3v) is 4.06. The van der Waals surface area contributed by atoms with Crippen molar-refractivity contribution in [2.75, 3.05) is 14.2 Å². The summed E-state index contributed by atoms with van der Waals surface area (Å²) in [6.45, 7) is 0. The molecular formula is C21H20N2O3. The van der Waals surface area contributed by atoms with Gasteiger partial charge in [0.2, 0.25) is 0 Å². The monoisotopic (exact) mass is 348 g/mol. The highest BCUT2D eigenvalue weighted by Crippen LogP contribution is 2.24. The van der Waals surface area contributed by atoms with E-state index in [1.165, 1.54) is 0 Å². The summed E-state index contributed by atoms with van der Waals surface area (Å²) in [6.07, 6.45) is 1.55. The van der Waals surface area contributed by atoms with Gasteiger partial charge in [0, 0.05) is 12.3 Å². The van der Waals surface area contributed by atoms with Crippen molar-refractivity contribution in [2.45, 2.75) is 6.04 Å². The van der Waals surface area contributed by atoms with Crippen molar-refractivity contribution >= 4 is 5.91 Å². The van der Waals surface area contributed by atoms with Crippen LogP contribution in [0.5, 0.6) is 11.5 Å². The Balaban J connectivity index is 1.91. The summed E-state index contributed by atoms with van der Waals surface area (Å²) in [6, 6.07) is 20.4. The molecule has 0 aliphatic rings. The van der Waals surface area contributed by atoms with Crippen LogP contribution in [0.1, 0.15) is 27.7 Å². The molecule has 3 aromatic rings. The molecule has 1 atom stereocenters. The van der Waals surface area contributed by atoms with Gasteiger partial charge in [-0.1, -0.05) is 42.5 Å². The highest BCUT2D eigenvalue weighted by Gasteiger charge is 2.19. The first-order valence-electron chi connectivity index (χ1n) is 8.21. The summed E-state index contributed by atoms with van der Waals surface area (Å²) >= 11 is 0. The van der Waals surface area contributed by atoms with Crippen LogP contribution in [-0.2, 0) is 0 Å². The fourth-order valence-electron chi connectivity index (χ4n) is 2.67. The molecule has 26 heavy (non-hydrogen) atoms. The molecule has 1 unspecified atom stereocenters. The average molecular weight is 348 g/mol. The van der Waals surface area contributed by atoms with Gasteiger partial charge >= 0.3 is 0 Å². The van der Waals surface area contributed by atoms with Gasteiger partial charge < -0.3 is 14.8 Å². The van der Waals surface area contributed by atoms with E-state index in [0.717, 1.165) is 16.9 Å². The minimum Gasteiger partial charge on any atom is -0.497 e. The van der Waals surface area contributed by atoms with Gasteiger partial charge in [-0.25, -0.2) is 0 Å². The van der Waals surface area contributed by atoms with Gasteiger partial charge in [-0.15, -0.1) is 0 Å². The Labute approximate surface area is 152 Å². The van der Waals surface area contributed by atoms with Gasteiger partial charge in [0.05, 0.1) is 20.3 Å². The first-order valence-corrected chi connectivity index (χ1v) is 8.21. The third kappa shape index (κ3) is 4.00. The van der Waals surface area contributed by atoms with Crippen LogP contribution in [0, 0.1) is 0 Å². The maximum absolute atomic E-state index is 12.7. The van der Waals surface area contributed by atoms with E-state index in [0.29, 0.717) is 11.4 Å². The van der Waals surface area contributed by atoms with E-state index in [2.05, 4.69) is 10.3 Å². The van der Waals surface area contributed by atoms with Crippen molar-refractivity contribution in [1.82, 2.24) is 10.3 Å². The smallest absolute Gasteiger partial charge is 0.270 e. The Morgan fingerprint density at radius 3 is 2.19 bits per heavy atom. The van der Waals surface area contributed by atoms with Crippen LogP contribution < -0.4 is 14.8 Å². The van der Waals surface area contributed by atoms with Crippen LogP contribution in [0.25, 0.3) is 0 Å². The fraction of sp³-hybridized carbons (Fsp3) is 0.143. The lowest BCUT2D eigenvalue weighted by atomic mass is 9.98. The fourth-order valence-corrected chi connectivity index (χ4v) is 2.67. The molecule has 1 N–H and O–H groups in total. The molecule has 0 saturated heterocycles. The Kier molecular flexibility index (Phi) is 5.49. The predicted octanol–water partition coefficient (Wildman–Crippen LogP) is 3.62. The molecule has 0 bridgehead atoms. The molecule has 0 aliphatic carbocycles. The molecule has 0 fully saturated rings. The van der Waals surface area contributed by atoms with Crippen molar-refractivity contribution in [2.24, 2.45) is 0 Å². The minimum absolute atomic E-state index is 0.270. The number of hydrogen-bond acceptors (Lipinski definition) is 4. The second-order valence-corrected chi connectivity index (χ2v) is 5.67. The van der Waals surface area contributed by atoms with Gasteiger partial charge in [0.1, 0.15) is 17.2 Å². The van der Waals surface area contributed by atoms with Gasteiger partial charge in [-0.3, -0.25) is 9.78 Å². The normalized spacial score (nSPS) is 11.5. The molecular weight excluding hydrogens is 328 g/mol. The Hall–Kier alpha value is -3.34. The van der Waals surface area contributed by atoms with Crippen LogP contribution in [0.15, 0.2) is 72.9 Å². The Bertz CT molecular complexity index is 864. The molecule has 132 valence electrons. The summed E-state index contributed by atoms with van der Waals surface area (Å²) in [4.78, 5) is 16.9. The molecule has 0 saturated carbocycles. The SMILES string of the molecule is COc1ccc(C(NC(=O)c2cc(OC)ccn2)c2ccccc2)cc1. The zero-order valence-electron chi connectivity index (χ0n) is 14.7. The number of ether oxygens (including phenoxy) is 2. The van der Waals surface area contributed by atoms with E-state index >= 15 is 0 Å². The van der Waals surface area contributed by atoms with Crippen molar-refractivity contribution in [3.8, 4) is 11.5 Å². The molecule has 0 aliphatic heterocycles. The first-order chi connectivity index (χ1) is 12.7. The minimum atomic E-state index is -0.303. The third-order valence-electron chi connectivity index (χ3n) is 4.06. The summed E-state index contributed by atoms with van der Waals surface area (Å²) in [5.74, 6) is 1.08. The van der Waals surface area contributed by atoms with Crippen LogP contribution in [0.4, 0.5) is 0 Å². The number of benzene rings is 2. The topological polar surface area (TPSA) is 60.5 Å². The van der Waals surface area contributed by atoms with Crippen molar-refractivity contribution in [3.63, 3.8) is 0 Å². The highest BCUT2D eigenvalue weighted by molar-refractivity contribution is 5.93. The zero-order valence-corrected chi connectivity index (χ0v) is 14.7. The number of rotatable bonds is 6. The number of hydrogen-bond donors (Lipinski definition) is 1. The molecule has 1 amide bonds. The maximum Gasteiger partial charge on any atom is 0.270 e. The summed E-state index contributed by atoms with van der Waals surface area (Å²) in [5, 5.41) is 3.06. The standard InChI is InChI=1S/C21H20N2O3/c1-25-17-10-8-16(9-11-17)20(15-6-4-3-5-7-15)23-21(24)19-14-18(26-2)12-13-22-19/h3-14,20H,1-2H3,(H,23,24). The van der Waals surface area contributed by atoms with E-state index in [1.807, 2.05) is 54.6 Å². The molecule has 2 aromatic carbocycles. The molecule has 5 nitrogen and oxygen atoms in total. The lowest BCUT2D eigenvalue weighted by Gasteiger charge is -2.20. The van der Waals surface area contributed by atoms with Crippen LogP contribution >= 0.6 is 0 Å². The van der Waals surface area contributed by atoms with Gasteiger partial charge in [0.15, 0.2) is 0 Å². The quantitative estimate of drug-likeness (QED) is 0.739. The van der Waals surface area contributed by atoms with Crippen molar-refractivity contribution < 1.29 is 14.3 Å². The molecule has 3 rings (SSSR count). The second kappa shape index (κ2) is 8.16. The number of nitrogens with one attached hydrogen (secondary N) is 1. The predicted molar refractivity (Wildman–Crippen MR) is 99.5 cm³/mol. The maximum atomic E-state index is 12.7. The Morgan fingerprint density at radius 2 is 1.54 bits per heavy atom. The average Bonchev–Trinajstić information content (AvgIpc) is 2.72. The molecule has 1 heterocycles. The lowest BCUT2D eigenvalue weighted by Crippen LogP contribution is -2.30. The van der Waals surface area contributed by atoms with Crippen molar-refractivity contribution in [3.05, 3.63) is 89.7 Å². The van der Waals surface area contributed by atoms with Crippen LogP contribution in [-0.4, -0.2) is 25.1 Å². The van der Waals surface area contributed by atoms with Crippen LogP contribution in [0.3, 0.4) is 0 Å². The molecule has 1 aromatic heterocycles.